The Hall–Kier alpha value is -1.75. The first-order chi connectivity index (χ1) is 12.1. The number of hydrogen-bond donors (Lipinski definition) is 1. The SMILES string of the molecule is COC(=O)C1CC12CC(Nc1ccc(OC3CCOCC3)c(C)c1)C2. The molecule has 1 N–H and O–H groups in total. The van der Waals surface area contributed by atoms with E-state index in [1.165, 1.54) is 7.11 Å². The summed E-state index contributed by atoms with van der Waals surface area (Å²) >= 11 is 0. The van der Waals surface area contributed by atoms with E-state index in [-0.39, 0.29) is 23.4 Å². The summed E-state index contributed by atoms with van der Waals surface area (Å²) in [5.41, 5.74) is 2.52. The molecule has 4 rings (SSSR count). The summed E-state index contributed by atoms with van der Waals surface area (Å²) in [5.74, 6) is 1.06. The molecule has 5 nitrogen and oxygen atoms in total. The van der Waals surface area contributed by atoms with Crippen LogP contribution in [0.4, 0.5) is 5.69 Å². The van der Waals surface area contributed by atoms with Crippen LogP contribution in [-0.2, 0) is 14.3 Å². The Morgan fingerprint density at radius 3 is 2.68 bits per heavy atom. The van der Waals surface area contributed by atoms with Crippen LogP contribution >= 0.6 is 0 Å². The Morgan fingerprint density at radius 1 is 1.24 bits per heavy atom. The maximum atomic E-state index is 11.6. The summed E-state index contributed by atoms with van der Waals surface area (Å²) in [6.45, 7) is 3.68. The summed E-state index contributed by atoms with van der Waals surface area (Å²) in [6.07, 6.45) is 5.31. The summed E-state index contributed by atoms with van der Waals surface area (Å²) in [7, 11) is 1.48. The number of rotatable bonds is 5. The van der Waals surface area contributed by atoms with Gasteiger partial charge in [-0.1, -0.05) is 0 Å². The third-order valence-corrected chi connectivity index (χ3v) is 5.99. The first kappa shape index (κ1) is 16.7. The zero-order valence-electron chi connectivity index (χ0n) is 15.0. The molecule has 5 heteroatoms. The molecule has 1 aromatic rings. The first-order valence-corrected chi connectivity index (χ1v) is 9.29. The van der Waals surface area contributed by atoms with Gasteiger partial charge in [0.1, 0.15) is 11.9 Å². The molecule has 2 saturated carbocycles. The van der Waals surface area contributed by atoms with E-state index in [2.05, 4.69) is 30.4 Å². The maximum Gasteiger partial charge on any atom is 0.309 e. The van der Waals surface area contributed by atoms with E-state index < -0.39 is 0 Å². The van der Waals surface area contributed by atoms with Crippen LogP contribution in [0.25, 0.3) is 0 Å². The largest absolute Gasteiger partial charge is 0.490 e. The number of anilines is 1. The Kier molecular flexibility index (Phi) is 4.36. The van der Waals surface area contributed by atoms with Crippen molar-refractivity contribution in [3.8, 4) is 5.75 Å². The van der Waals surface area contributed by atoms with Gasteiger partial charge in [0, 0.05) is 24.6 Å². The quantitative estimate of drug-likeness (QED) is 0.830. The second-order valence-electron chi connectivity index (χ2n) is 7.80. The lowest BCUT2D eigenvalue weighted by Gasteiger charge is -2.38. The molecule has 3 aliphatic rings. The minimum atomic E-state index is -0.0380. The van der Waals surface area contributed by atoms with E-state index in [1.54, 1.807) is 0 Å². The highest BCUT2D eigenvalue weighted by Gasteiger charge is 2.65. The number of ether oxygens (including phenoxy) is 3. The van der Waals surface area contributed by atoms with Crippen molar-refractivity contribution in [3.63, 3.8) is 0 Å². The minimum Gasteiger partial charge on any atom is -0.490 e. The average Bonchev–Trinajstić information content (AvgIpc) is 3.33. The van der Waals surface area contributed by atoms with Crippen LogP contribution in [0.2, 0.25) is 0 Å². The van der Waals surface area contributed by atoms with Crippen LogP contribution in [0, 0.1) is 18.3 Å². The smallest absolute Gasteiger partial charge is 0.309 e. The molecule has 3 fully saturated rings. The lowest BCUT2D eigenvalue weighted by molar-refractivity contribution is -0.143. The molecule has 1 aromatic carbocycles. The molecule has 0 bridgehead atoms. The van der Waals surface area contributed by atoms with E-state index in [4.69, 9.17) is 14.2 Å². The van der Waals surface area contributed by atoms with Gasteiger partial charge in [0.05, 0.1) is 26.2 Å². The van der Waals surface area contributed by atoms with Gasteiger partial charge in [-0.3, -0.25) is 4.79 Å². The predicted octanol–water partition coefficient (Wildman–Crippen LogP) is 3.31. The van der Waals surface area contributed by atoms with Gasteiger partial charge < -0.3 is 19.5 Å². The number of carbonyl (C=O) groups excluding carboxylic acids is 1. The zero-order chi connectivity index (χ0) is 17.4. The van der Waals surface area contributed by atoms with Crippen LogP contribution in [0.3, 0.4) is 0 Å². The number of hydrogen-bond acceptors (Lipinski definition) is 5. The molecule has 136 valence electrons. The van der Waals surface area contributed by atoms with Crippen molar-refractivity contribution in [2.75, 3.05) is 25.6 Å². The molecule has 1 heterocycles. The molecule has 0 aromatic heterocycles. The summed E-state index contributed by atoms with van der Waals surface area (Å²) in [4.78, 5) is 11.6. The van der Waals surface area contributed by atoms with Crippen molar-refractivity contribution >= 4 is 11.7 Å². The number of methoxy groups -OCH3 is 1. The monoisotopic (exact) mass is 345 g/mol. The fraction of sp³-hybridized carbons (Fsp3) is 0.650. The zero-order valence-corrected chi connectivity index (χ0v) is 15.0. The van der Waals surface area contributed by atoms with Crippen LogP contribution in [-0.4, -0.2) is 38.4 Å². The Labute approximate surface area is 149 Å². The van der Waals surface area contributed by atoms with Crippen LogP contribution in [0.5, 0.6) is 5.75 Å². The van der Waals surface area contributed by atoms with Crippen LogP contribution in [0.15, 0.2) is 18.2 Å². The highest BCUT2D eigenvalue weighted by atomic mass is 16.5. The van der Waals surface area contributed by atoms with Gasteiger partial charge in [-0.15, -0.1) is 0 Å². The molecule has 1 atom stereocenters. The van der Waals surface area contributed by atoms with Gasteiger partial charge >= 0.3 is 5.97 Å². The second-order valence-corrected chi connectivity index (χ2v) is 7.80. The maximum absolute atomic E-state index is 11.6. The molecule has 1 aliphatic heterocycles. The number of aryl methyl sites for hydroxylation is 1. The normalized spacial score (nSPS) is 31.3. The summed E-state index contributed by atoms with van der Waals surface area (Å²) < 4.78 is 16.4. The van der Waals surface area contributed by atoms with Gasteiger partial charge in [-0.2, -0.15) is 0 Å². The van der Waals surface area contributed by atoms with Gasteiger partial charge in [0.25, 0.3) is 0 Å². The standard InChI is InChI=1S/C20H27NO4/c1-13-9-14(3-4-18(13)25-16-5-7-24-8-6-16)21-15-10-20(11-15)12-17(20)19(22)23-2/h3-4,9,15-17,21H,5-8,10-12H2,1-2H3. The lowest BCUT2D eigenvalue weighted by Crippen LogP contribution is -2.39. The van der Waals surface area contributed by atoms with Gasteiger partial charge in [-0.05, 0) is 55.4 Å². The fourth-order valence-electron chi connectivity index (χ4n) is 4.38. The minimum absolute atomic E-state index is 0.0380. The van der Waals surface area contributed by atoms with Crippen molar-refractivity contribution < 1.29 is 19.0 Å². The summed E-state index contributed by atoms with van der Waals surface area (Å²) in [6, 6.07) is 6.77. The van der Waals surface area contributed by atoms with Crippen molar-refractivity contribution in [2.24, 2.45) is 11.3 Å². The topological polar surface area (TPSA) is 56.8 Å². The Morgan fingerprint density at radius 2 is 2.00 bits per heavy atom. The Bertz CT molecular complexity index is 647. The van der Waals surface area contributed by atoms with E-state index in [0.717, 1.165) is 62.3 Å². The molecule has 2 aliphatic carbocycles. The third kappa shape index (κ3) is 3.34. The lowest BCUT2D eigenvalue weighted by atomic mass is 9.75. The predicted molar refractivity (Wildman–Crippen MR) is 94.8 cm³/mol. The van der Waals surface area contributed by atoms with Crippen molar-refractivity contribution in [1.82, 2.24) is 0 Å². The van der Waals surface area contributed by atoms with E-state index in [9.17, 15) is 4.79 Å². The molecule has 25 heavy (non-hydrogen) atoms. The van der Waals surface area contributed by atoms with Gasteiger partial charge in [0.15, 0.2) is 0 Å². The third-order valence-electron chi connectivity index (χ3n) is 5.99. The van der Waals surface area contributed by atoms with Crippen molar-refractivity contribution in [3.05, 3.63) is 23.8 Å². The molecule has 0 radical (unpaired) electrons. The van der Waals surface area contributed by atoms with Gasteiger partial charge in [-0.25, -0.2) is 0 Å². The van der Waals surface area contributed by atoms with E-state index >= 15 is 0 Å². The van der Waals surface area contributed by atoms with E-state index in [0.29, 0.717) is 6.04 Å². The van der Waals surface area contributed by atoms with Crippen molar-refractivity contribution in [1.29, 1.82) is 0 Å². The number of carbonyl (C=O) groups is 1. The molecule has 1 spiro atoms. The molecule has 1 saturated heterocycles. The van der Waals surface area contributed by atoms with Crippen molar-refractivity contribution in [2.45, 2.75) is 51.2 Å². The van der Waals surface area contributed by atoms with Crippen LogP contribution < -0.4 is 10.1 Å². The molecular formula is C20H27NO4. The second kappa shape index (κ2) is 6.52. The Balaban J connectivity index is 1.29. The number of benzene rings is 1. The molecule has 1 unspecified atom stereocenters. The highest BCUT2D eigenvalue weighted by Crippen LogP contribution is 2.66. The molecule has 0 amide bonds. The van der Waals surface area contributed by atoms with Crippen LogP contribution in [0.1, 0.15) is 37.7 Å². The van der Waals surface area contributed by atoms with Gasteiger partial charge in [0.2, 0.25) is 0 Å². The fourth-order valence-corrected chi connectivity index (χ4v) is 4.38. The van der Waals surface area contributed by atoms with E-state index in [1.807, 2.05) is 0 Å². The summed E-state index contributed by atoms with van der Waals surface area (Å²) in [5, 5.41) is 3.60. The number of esters is 1. The average molecular weight is 345 g/mol. The molecular weight excluding hydrogens is 318 g/mol. The first-order valence-electron chi connectivity index (χ1n) is 9.29. The highest BCUT2D eigenvalue weighted by molar-refractivity contribution is 5.77. The number of nitrogens with one attached hydrogen (secondary N) is 1.